The van der Waals surface area contributed by atoms with E-state index in [1.807, 2.05) is 6.07 Å². The molecule has 1 fully saturated rings. The number of carbonyl (C=O) groups excluding carboxylic acids is 2. The Kier molecular flexibility index (Phi) is 4.39. The molecule has 142 valence electrons. The van der Waals surface area contributed by atoms with Crippen molar-refractivity contribution >= 4 is 33.4 Å². The van der Waals surface area contributed by atoms with Gasteiger partial charge in [0, 0.05) is 39.3 Å². The molecule has 8 nitrogen and oxygen atoms in total. The van der Waals surface area contributed by atoms with Gasteiger partial charge in [0.2, 0.25) is 5.88 Å². The summed E-state index contributed by atoms with van der Waals surface area (Å²) in [7, 11) is 3.28. The Balaban J connectivity index is 1.45. The smallest absolute Gasteiger partial charge is 0.264 e. The van der Waals surface area contributed by atoms with Gasteiger partial charge in [-0.25, -0.2) is 4.68 Å². The van der Waals surface area contributed by atoms with Crippen LogP contribution in [0.5, 0.6) is 5.88 Å². The van der Waals surface area contributed by atoms with Crippen LogP contribution in [0.2, 0.25) is 0 Å². The van der Waals surface area contributed by atoms with Gasteiger partial charge >= 0.3 is 0 Å². The maximum absolute atomic E-state index is 12.9. The number of nitrogens with zero attached hydrogens (tertiary/aromatic N) is 4. The van der Waals surface area contributed by atoms with Crippen LogP contribution >= 0.6 is 11.3 Å². The highest BCUT2D eigenvalue weighted by atomic mass is 32.1. The molecule has 0 N–H and O–H groups in total. The number of thiophene rings is 1. The molecular formula is C18H20N4O4S. The lowest BCUT2D eigenvalue weighted by Crippen LogP contribution is -2.50. The maximum Gasteiger partial charge on any atom is 0.264 e. The third-order valence-electron chi connectivity index (χ3n) is 4.78. The molecule has 0 spiro atoms. The van der Waals surface area contributed by atoms with Crippen LogP contribution in [0.3, 0.4) is 0 Å². The highest BCUT2D eigenvalue weighted by Crippen LogP contribution is 2.28. The second-order valence-corrected chi connectivity index (χ2v) is 7.52. The van der Waals surface area contributed by atoms with E-state index in [-0.39, 0.29) is 11.8 Å². The number of methoxy groups -OCH3 is 1. The number of aryl methyl sites for hydroxylation is 2. The molecule has 1 aliphatic heterocycles. The summed E-state index contributed by atoms with van der Waals surface area (Å²) >= 11 is 1.43. The van der Waals surface area contributed by atoms with Crippen LogP contribution < -0.4 is 4.74 Å². The quantitative estimate of drug-likeness (QED) is 0.687. The first-order chi connectivity index (χ1) is 13.0. The molecule has 2 amide bonds. The minimum Gasteiger partial charge on any atom is -0.481 e. The number of carbonyl (C=O) groups is 2. The molecule has 3 aromatic heterocycles. The van der Waals surface area contributed by atoms with Gasteiger partial charge in [-0.2, -0.15) is 5.10 Å². The van der Waals surface area contributed by atoms with E-state index < -0.39 is 0 Å². The van der Waals surface area contributed by atoms with Crippen LogP contribution in [-0.2, 0) is 7.05 Å². The Labute approximate surface area is 159 Å². The monoisotopic (exact) mass is 388 g/mol. The molecular weight excluding hydrogens is 368 g/mol. The molecule has 0 bridgehead atoms. The normalized spacial score (nSPS) is 14.8. The van der Waals surface area contributed by atoms with Gasteiger partial charge in [0.05, 0.1) is 28.6 Å². The predicted octanol–water partition coefficient (Wildman–Crippen LogP) is 2.14. The molecule has 9 heteroatoms. The van der Waals surface area contributed by atoms with Gasteiger partial charge in [-0.3, -0.25) is 9.59 Å². The average molecular weight is 388 g/mol. The lowest BCUT2D eigenvalue weighted by atomic mass is 10.2. The van der Waals surface area contributed by atoms with E-state index in [9.17, 15) is 9.59 Å². The number of aromatic nitrogens is 2. The number of hydrogen-bond acceptors (Lipinski definition) is 6. The van der Waals surface area contributed by atoms with E-state index in [1.165, 1.54) is 18.4 Å². The van der Waals surface area contributed by atoms with Gasteiger partial charge in [-0.05, 0) is 13.0 Å². The van der Waals surface area contributed by atoms with Crippen molar-refractivity contribution < 1.29 is 18.7 Å². The molecule has 1 aliphatic rings. The largest absolute Gasteiger partial charge is 0.481 e. The van der Waals surface area contributed by atoms with Crippen LogP contribution in [0.25, 0.3) is 10.3 Å². The molecule has 1 saturated heterocycles. The van der Waals surface area contributed by atoms with Crippen LogP contribution in [0.4, 0.5) is 0 Å². The topological polar surface area (TPSA) is 80.8 Å². The van der Waals surface area contributed by atoms with Gasteiger partial charge in [-0.15, -0.1) is 11.3 Å². The zero-order valence-electron chi connectivity index (χ0n) is 15.4. The molecule has 3 aromatic rings. The molecule has 27 heavy (non-hydrogen) atoms. The highest BCUT2D eigenvalue weighted by molar-refractivity contribution is 7.20. The molecule has 0 unspecified atom stereocenters. The van der Waals surface area contributed by atoms with Gasteiger partial charge in [0.15, 0.2) is 0 Å². The van der Waals surface area contributed by atoms with Crippen molar-refractivity contribution in [2.45, 2.75) is 6.92 Å². The van der Waals surface area contributed by atoms with E-state index in [0.29, 0.717) is 48.2 Å². The van der Waals surface area contributed by atoms with Crippen molar-refractivity contribution in [3.8, 4) is 5.88 Å². The minimum absolute atomic E-state index is 0.0198. The number of hydrogen-bond donors (Lipinski definition) is 0. The van der Waals surface area contributed by atoms with Gasteiger partial charge in [-0.1, -0.05) is 0 Å². The number of rotatable bonds is 3. The summed E-state index contributed by atoms with van der Waals surface area (Å²) in [6.07, 6.45) is 1.62. The van der Waals surface area contributed by atoms with Crippen molar-refractivity contribution in [2.75, 3.05) is 33.3 Å². The second kappa shape index (κ2) is 6.73. The number of furan rings is 1. The average Bonchev–Trinajstić information content (AvgIpc) is 3.33. The Morgan fingerprint density at radius 3 is 2.48 bits per heavy atom. The number of fused-ring (bicyclic) bond motifs is 1. The van der Waals surface area contributed by atoms with E-state index in [4.69, 9.17) is 9.15 Å². The zero-order chi connectivity index (χ0) is 19.1. The first-order valence-corrected chi connectivity index (χ1v) is 9.44. The third kappa shape index (κ3) is 2.97. The zero-order valence-corrected chi connectivity index (χ0v) is 16.2. The van der Waals surface area contributed by atoms with Gasteiger partial charge in [0.25, 0.3) is 11.8 Å². The fourth-order valence-corrected chi connectivity index (χ4v) is 4.37. The SMILES string of the molecule is COc1c(C(=O)N2CCN(C(=O)c3cc4occc4s3)CC2)c(C)nn1C. The van der Waals surface area contributed by atoms with Crippen LogP contribution in [0.15, 0.2) is 22.8 Å². The summed E-state index contributed by atoms with van der Waals surface area (Å²) in [5, 5.41) is 4.27. The molecule has 0 aromatic carbocycles. The molecule has 0 saturated carbocycles. The molecule has 4 heterocycles. The molecule has 0 aliphatic carbocycles. The molecule has 0 atom stereocenters. The van der Waals surface area contributed by atoms with Crippen molar-refractivity contribution in [2.24, 2.45) is 7.05 Å². The van der Waals surface area contributed by atoms with Crippen LogP contribution in [0.1, 0.15) is 25.7 Å². The third-order valence-corrected chi connectivity index (χ3v) is 5.85. The highest BCUT2D eigenvalue weighted by Gasteiger charge is 2.30. The maximum atomic E-state index is 12.9. The fourth-order valence-electron chi connectivity index (χ4n) is 3.42. The molecule has 4 rings (SSSR count). The summed E-state index contributed by atoms with van der Waals surface area (Å²) < 4.78 is 13.2. The lowest BCUT2D eigenvalue weighted by molar-refractivity contribution is 0.0535. The van der Waals surface area contributed by atoms with Crippen LogP contribution in [0, 0.1) is 6.92 Å². The summed E-state index contributed by atoms with van der Waals surface area (Å²) in [5.41, 5.74) is 1.86. The lowest BCUT2D eigenvalue weighted by Gasteiger charge is -2.34. The standard InChI is InChI=1S/C18H20N4O4S/c1-11-15(18(25-3)20(2)19-11)17(24)22-7-5-21(6-8-22)16(23)14-10-12-13(27-14)4-9-26-12/h4,9-10H,5-8H2,1-3H3. The summed E-state index contributed by atoms with van der Waals surface area (Å²) in [4.78, 5) is 29.8. The van der Waals surface area contributed by atoms with Crippen molar-refractivity contribution in [1.29, 1.82) is 0 Å². The number of piperazine rings is 1. The Bertz CT molecular complexity index is 982. The van der Waals surface area contributed by atoms with E-state index in [1.54, 1.807) is 40.8 Å². The first-order valence-electron chi connectivity index (χ1n) is 8.62. The van der Waals surface area contributed by atoms with Crippen molar-refractivity contribution in [3.05, 3.63) is 34.5 Å². The number of ether oxygens (including phenoxy) is 1. The van der Waals surface area contributed by atoms with Crippen LogP contribution in [-0.4, -0.2) is 64.7 Å². The predicted molar refractivity (Wildman–Crippen MR) is 100 cm³/mol. The fraction of sp³-hybridized carbons (Fsp3) is 0.389. The molecule has 0 radical (unpaired) electrons. The Morgan fingerprint density at radius 1 is 1.19 bits per heavy atom. The summed E-state index contributed by atoms with van der Waals surface area (Å²) in [5.74, 6) is 0.323. The second-order valence-electron chi connectivity index (χ2n) is 6.44. The van der Waals surface area contributed by atoms with Gasteiger partial charge in [0.1, 0.15) is 11.1 Å². The number of amides is 2. The summed E-state index contributed by atoms with van der Waals surface area (Å²) in [6.45, 7) is 3.73. The van der Waals surface area contributed by atoms with Crippen molar-refractivity contribution in [3.63, 3.8) is 0 Å². The van der Waals surface area contributed by atoms with E-state index in [2.05, 4.69) is 5.10 Å². The van der Waals surface area contributed by atoms with E-state index in [0.717, 1.165) is 10.3 Å². The summed E-state index contributed by atoms with van der Waals surface area (Å²) in [6, 6.07) is 3.64. The first kappa shape index (κ1) is 17.6. The van der Waals surface area contributed by atoms with Crippen molar-refractivity contribution in [1.82, 2.24) is 19.6 Å². The minimum atomic E-state index is -0.113. The Hall–Kier alpha value is -2.81. The van der Waals surface area contributed by atoms with Gasteiger partial charge < -0.3 is 19.0 Å². The van der Waals surface area contributed by atoms with E-state index >= 15 is 0 Å². The Morgan fingerprint density at radius 2 is 1.85 bits per heavy atom.